The molecule has 1 saturated heterocycles. The van der Waals surface area contributed by atoms with Crippen molar-refractivity contribution in [3.8, 4) is 0 Å². The van der Waals surface area contributed by atoms with Crippen molar-refractivity contribution in [2.75, 3.05) is 23.7 Å². The van der Waals surface area contributed by atoms with Gasteiger partial charge >= 0.3 is 5.69 Å². The van der Waals surface area contributed by atoms with Crippen LogP contribution in [0.5, 0.6) is 0 Å². The molecular formula is C22H28N8O3S. The first kappa shape index (κ1) is 22.5. The number of imidazole rings is 1. The van der Waals surface area contributed by atoms with E-state index < -0.39 is 0 Å². The molecule has 0 aromatic carbocycles. The van der Waals surface area contributed by atoms with E-state index in [1.807, 2.05) is 12.1 Å². The van der Waals surface area contributed by atoms with Gasteiger partial charge in [0.1, 0.15) is 5.76 Å². The van der Waals surface area contributed by atoms with Crippen LogP contribution in [0.2, 0.25) is 0 Å². The molecule has 34 heavy (non-hydrogen) atoms. The molecule has 0 radical (unpaired) electrons. The number of piperidine rings is 1. The third kappa shape index (κ3) is 4.17. The quantitative estimate of drug-likeness (QED) is 0.275. The summed E-state index contributed by atoms with van der Waals surface area (Å²) in [5.41, 5.74) is 0.171. The number of nitrogens with zero attached hydrogens (tertiary/aromatic N) is 8. The third-order valence-corrected chi connectivity index (χ3v) is 7.24. The summed E-state index contributed by atoms with van der Waals surface area (Å²) in [7, 11) is 3.40. The predicted molar refractivity (Wildman–Crippen MR) is 129 cm³/mol. The van der Waals surface area contributed by atoms with Gasteiger partial charge in [-0.2, -0.15) is 0 Å². The molecule has 11 nitrogen and oxygen atoms in total. The smallest absolute Gasteiger partial charge is 0.332 e. The summed E-state index contributed by atoms with van der Waals surface area (Å²) >= 11 is 1.58. The summed E-state index contributed by atoms with van der Waals surface area (Å²) in [5, 5.41) is 9.76. The van der Waals surface area contributed by atoms with Crippen LogP contribution in [0.1, 0.15) is 31.4 Å². The van der Waals surface area contributed by atoms with Gasteiger partial charge in [0.15, 0.2) is 16.3 Å². The maximum Gasteiger partial charge on any atom is 0.332 e. The Kier molecular flexibility index (Phi) is 6.31. The first-order chi connectivity index (χ1) is 16.5. The van der Waals surface area contributed by atoms with Crippen LogP contribution >= 0.6 is 11.8 Å². The van der Waals surface area contributed by atoms with Crippen molar-refractivity contribution in [1.82, 2.24) is 33.4 Å². The van der Waals surface area contributed by atoms with E-state index in [2.05, 4.69) is 24.6 Å². The number of furan rings is 1. The molecule has 4 aromatic rings. The standard InChI is InChI=1S/C22H28N8O3S/c1-26-15-23-18-17(26)19(31)29(22(32)27(18)2)11-7-13-34-21-25-24-20(28-9-4-3-5-10-28)30(21)14-16-8-6-12-33-16/h6,8,12,15H,3-5,7,9-11,13-14H2,1-2H3. The van der Waals surface area contributed by atoms with Crippen LogP contribution in [0.25, 0.3) is 11.2 Å². The van der Waals surface area contributed by atoms with Crippen LogP contribution in [0.15, 0.2) is 43.9 Å². The Morgan fingerprint density at radius 1 is 1.09 bits per heavy atom. The normalized spacial score (nSPS) is 14.4. The number of hydrogen-bond acceptors (Lipinski definition) is 8. The van der Waals surface area contributed by atoms with Gasteiger partial charge in [-0.1, -0.05) is 11.8 Å². The number of aryl methyl sites for hydroxylation is 2. The van der Waals surface area contributed by atoms with Gasteiger partial charge in [0, 0.05) is 39.5 Å². The van der Waals surface area contributed by atoms with Gasteiger partial charge in [-0.3, -0.25) is 18.5 Å². The van der Waals surface area contributed by atoms with Crippen LogP contribution < -0.4 is 16.1 Å². The molecule has 4 aromatic heterocycles. The highest BCUT2D eigenvalue weighted by Gasteiger charge is 2.21. The fourth-order valence-electron chi connectivity index (χ4n) is 4.39. The fraction of sp³-hybridized carbons (Fsp3) is 0.500. The van der Waals surface area contributed by atoms with E-state index >= 15 is 0 Å². The van der Waals surface area contributed by atoms with Gasteiger partial charge in [-0.15, -0.1) is 10.2 Å². The Balaban J connectivity index is 1.32. The molecule has 0 amide bonds. The molecule has 1 aliphatic heterocycles. The highest BCUT2D eigenvalue weighted by molar-refractivity contribution is 7.99. The van der Waals surface area contributed by atoms with Gasteiger partial charge < -0.3 is 13.9 Å². The van der Waals surface area contributed by atoms with E-state index in [4.69, 9.17) is 4.42 Å². The van der Waals surface area contributed by atoms with Crippen molar-refractivity contribution < 1.29 is 4.42 Å². The van der Waals surface area contributed by atoms with Crippen molar-refractivity contribution in [1.29, 1.82) is 0 Å². The van der Waals surface area contributed by atoms with Crippen LogP contribution in [0.4, 0.5) is 5.95 Å². The van der Waals surface area contributed by atoms with Crippen molar-refractivity contribution >= 4 is 28.9 Å². The van der Waals surface area contributed by atoms with Gasteiger partial charge in [-0.05, 0) is 37.8 Å². The summed E-state index contributed by atoms with van der Waals surface area (Å²) in [6.45, 7) is 2.84. The molecule has 0 unspecified atom stereocenters. The zero-order valence-corrected chi connectivity index (χ0v) is 20.2. The summed E-state index contributed by atoms with van der Waals surface area (Å²) in [4.78, 5) is 32.1. The van der Waals surface area contributed by atoms with E-state index in [1.165, 1.54) is 15.6 Å². The van der Waals surface area contributed by atoms with Crippen LogP contribution in [-0.2, 0) is 27.2 Å². The second kappa shape index (κ2) is 9.53. The van der Waals surface area contributed by atoms with Gasteiger partial charge in [0.2, 0.25) is 5.95 Å². The van der Waals surface area contributed by atoms with Gasteiger partial charge in [-0.25, -0.2) is 9.78 Å². The molecule has 0 spiro atoms. The Morgan fingerprint density at radius 3 is 2.68 bits per heavy atom. The minimum atomic E-state index is -0.352. The topological polar surface area (TPSA) is 109 Å². The highest BCUT2D eigenvalue weighted by atomic mass is 32.2. The lowest BCUT2D eigenvalue weighted by Gasteiger charge is -2.27. The maximum atomic E-state index is 12.9. The molecule has 5 heterocycles. The molecular weight excluding hydrogens is 456 g/mol. The Bertz CT molecular complexity index is 1390. The van der Waals surface area contributed by atoms with Crippen molar-refractivity contribution in [2.24, 2.45) is 14.1 Å². The predicted octanol–water partition coefficient (Wildman–Crippen LogP) is 1.84. The number of thioether (sulfide) groups is 1. The third-order valence-electron chi connectivity index (χ3n) is 6.19. The molecule has 1 fully saturated rings. The second-order valence-electron chi connectivity index (χ2n) is 8.52. The number of anilines is 1. The van der Waals surface area contributed by atoms with E-state index in [0.717, 1.165) is 42.8 Å². The molecule has 0 aliphatic carbocycles. The monoisotopic (exact) mass is 484 g/mol. The van der Waals surface area contributed by atoms with Crippen LogP contribution in [0, 0.1) is 0 Å². The molecule has 0 bridgehead atoms. The summed E-state index contributed by atoms with van der Waals surface area (Å²) in [6, 6.07) is 3.83. The van der Waals surface area contributed by atoms with Crippen molar-refractivity contribution in [3.63, 3.8) is 0 Å². The molecule has 12 heteroatoms. The van der Waals surface area contributed by atoms with E-state index in [0.29, 0.717) is 36.4 Å². The fourth-order valence-corrected chi connectivity index (χ4v) is 5.25. The Morgan fingerprint density at radius 2 is 1.91 bits per heavy atom. The molecule has 180 valence electrons. The van der Waals surface area contributed by atoms with Crippen molar-refractivity contribution in [3.05, 3.63) is 51.3 Å². The lowest BCUT2D eigenvalue weighted by Crippen LogP contribution is -2.39. The molecule has 1 aliphatic rings. The average molecular weight is 485 g/mol. The first-order valence-corrected chi connectivity index (χ1v) is 12.5. The largest absolute Gasteiger partial charge is 0.467 e. The zero-order chi connectivity index (χ0) is 23.7. The summed E-state index contributed by atoms with van der Waals surface area (Å²) < 4.78 is 12.0. The summed E-state index contributed by atoms with van der Waals surface area (Å²) in [6.07, 6.45) is 7.41. The van der Waals surface area contributed by atoms with E-state index in [-0.39, 0.29) is 11.2 Å². The lowest BCUT2D eigenvalue weighted by molar-refractivity contribution is 0.479. The molecule has 0 N–H and O–H groups in total. The van der Waals surface area contributed by atoms with Crippen LogP contribution in [0.3, 0.4) is 0 Å². The highest BCUT2D eigenvalue weighted by Crippen LogP contribution is 2.26. The minimum Gasteiger partial charge on any atom is -0.467 e. The van der Waals surface area contributed by atoms with Crippen molar-refractivity contribution in [2.45, 2.75) is 43.9 Å². The van der Waals surface area contributed by atoms with Crippen LogP contribution in [-0.4, -0.2) is 52.3 Å². The molecule has 5 rings (SSSR count). The van der Waals surface area contributed by atoms with E-state index in [9.17, 15) is 9.59 Å². The minimum absolute atomic E-state index is 0.309. The Labute approximate surface area is 200 Å². The average Bonchev–Trinajstić information content (AvgIpc) is 3.59. The Hall–Kier alpha value is -3.28. The lowest BCUT2D eigenvalue weighted by atomic mass is 10.1. The maximum absolute atomic E-state index is 12.9. The number of aromatic nitrogens is 7. The van der Waals surface area contributed by atoms with E-state index in [1.54, 1.807) is 43.0 Å². The molecule has 0 atom stereocenters. The second-order valence-corrected chi connectivity index (χ2v) is 9.59. The molecule has 0 saturated carbocycles. The zero-order valence-electron chi connectivity index (χ0n) is 19.4. The summed E-state index contributed by atoms with van der Waals surface area (Å²) in [5.74, 6) is 2.40. The first-order valence-electron chi connectivity index (χ1n) is 11.5. The van der Waals surface area contributed by atoms with Gasteiger partial charge in [0.25, 0.3) is 5.56 Å². The number of rotatable bonds is 8. The SMILES string of the molecule is Cn1cnc2c1c(=O)n(CCCSc1nnc(N3CCCCC3)n1Cc1ccco1)c(=O)n2C. The van der Waals surface area contributed by atoms with Gasteiger partial charge in [0.05, 0.1) is 19.1 Å². The number of fused-ring (bicyclic) bond motifs is 1. The number of hydrogen-bond donors (Lipinski definition) is 0.